The third kappa shape index (κ3) is 2.32. The monoisotopic (exact) mass is 297 g/mol. The second-order valence-corrected chi connectivity index (χ2v) is 5.10. The fourth-order valence-electron chi connectivity index (χ4n) is 2.44. The maximum absolute atomic E-state index is 12.6. The molecule has 0 fully saturated rings. The summed E-state index contributed by atoms with van der Waals surface area (Å²) in [6.45, 7) is 2.32. The van der Waals surface area contributed by atoms with Crippen molar-refractivity contribution in [2.24, 2.45) is 0 Å². The summed E-state index contributed by atoms with van der Waals surface area (Å²) in [5.74, 6) is -1.47. The number of unbranched alkanes of at least 4 members (excludes halogenated alkanes) is 1. The van der Waals surface area contributed by atoms with Gasteiger partial charge in [0.25, 0.3) is 5.56 Å². The number of carboxylic acid groups (broad SMARTS) is 1. The van der Waals surface area contributed by atoms with Crippen molar-refractivity contribution in [3.63, 3.8) is 0 Å². The number of benzene rings is 1. The molecule has 0 atom stereocenters. The number of hydrogen-bond acceptors (Lipinski definition) is 4. The molecular weight excluding hydrogens is 282 g/mol. The third-order valence-corrected chi connectivity index (χ3v) is 3.57. The summed E-state index contributed by atoms with van der Waals surface area (Å²) in [6.07, 6.45) is 1.58. The summed E-state index contributed by atoms with van der Waals surface area (Å²) in [6, 6.07) is 9.09. The summed E-state index contributed by atoms with van der Waals surface area (Å²) in [7, 11) is 0. The van der Waals surface area contributed by atoms with Crippen LogP contribution in [0, 0.1) is 0 Å². The lowest BCUT2D eigenvalue weighted by atomic mass is 10.2. The number of carbonyl (C=O) groups is 1. The highest BCUT2D eigenvalue weighted by molar-refractivity contribution is 5.92. The smallest absolute Gasteiger partial charge is 0.372 e. The zero-order chi connectivity index (χ0) is 15.7. The molecule has 0 aliphatic rings. The number of rotatable bonds is 4. The van der Waals surface area contributed by atoms with Crippen LogP contribution in [0.4, 0.5) is 0 Å². The standard InChI is InChI=1S/C16H15N3O3/c1-2-3-8-19-14(16(21)22)18-13-11(15(19)20)9-10-6-4-5-7-12(10)17-13/h4-7,9H,2-3,8H2,1H3,(H,21,22). The lowest BCUT2D eigenvalue weighted by molar-refractivity contribution is 0.0676. The van der Waals surface area contributed by atoms with Gasteiger partial charge in [-0.1, -0.05) is 31.5 Å². The van der Waals surface area contributed by atoms with E-state index in [1.807, 2.05) is 25.1 Å². The maximum atomic E-state index is 12.6. The average molecular weight is 297 g/mol. The SMILES string of the molecule is CCCCn1c(C(=O)O)nc2nc3ccccc3cc2c1=O. The van der Waals surface area contributed by atoms with E-state index in [0.717, 1.165) is 11.8 Å². The number of carboxylic acids is 1. The van der Waals surface area contributed by atoms with Crippen LogP contribution in [-0.2, 0) is 6.54 Å². The first-order valence-electron chi connectivity index (χ1n) is 7.15. The van der Waals surface area contributed by atoms with Gasteiger partial charge in [-0.25, -0.2) is 14.8 Å². The number of aromatic carboxylic acids is 1. The van der Waals surface area contributed by atoms with Crippen molar-refractivity contribution >= 4 is 27.9 Å². The van der Waals surface area contributed by atoms with Crippen molar-refractivity contribution < 1.29 is 9.90 Å². The topological polar surface area (TPSA) is 85.1 Å². The largest absolute Gasteiger partial charge is 0.475 e. The number of para-hydroxylation sites is 1. The molecule has 0 saturated carbocycles. The number of nitrogens with zero attached hydrogens (tertiary/aromatic N) is 3. The Morgan fingerprint density at radius 1 is 1.27 bits per heavy atom. The Bertz CT molecular complexity index is 931. The van der Waals surface area contributed by atoms with Crippen LogP contribution in [-0.4, -0.2) is 25.6 Å². The Hall–Kier alpha value is -2.76. The summed E-state index contributed by atoms with van der Waals surface area (Å²) < 4.78 is 1.23. The molecule has 22 heavy (non-hydrogen) atoms. The summed E-state index contributed by atoms with van der Waals surface area (Å²) in [5.41, 5.74) is 0.507. The van der Waals surface area contributed by atoms with E-state index in [4.69, 9.17) is 0 Å². The molecule has 3 aromatic rings. The summed E-state index contributed by atoms with van der Waals surface area (Å²) in [4.78, 5) is 32.4. The van der Waals surface area contributed by atoms with Crippen molar-refractivity contribution in [3.05, 3.63) is 46.5 Å². The maximum Gasteiger partial charge on any atom is 0.372 e. The predicted octanol–water partition coefficient (Wildman–Crippen LogP) is 2.44. The molecule has 112 valence electrons. The molecule has 0 saturated heterocycles. The van der Waals surface area contributed by atoms with Crippen LogP contribution in [0.5, 0.6) is 0 Å². The van der Waals surface area contributed by atoms with Gasteiger partial charge in [0, 0.05) is 11.9 Å². The molecule has 0 radical (unpaired) electrons. The molecular formula is C16H15N3O3. The molecule has 2 heterocycles. The zero-order valence-corrected chi connectivity index (χ0v) is 12.1. The van der Waals surface area contributed by atoms with Crippen molar-refractivity contribution in [1.29, 1.82) is 0 Å². The summed E-state index contributed by atoms with van der Waals surface area (Å²) in [5, 5.41) is 10.5. The molecule has 0 amide bonds. The minimum absolute atomic E-state index is 0.175. The van der Waals surface area contributed by atoms with Gasteiger partial charge in [-0.2, -0.15) is 0 Å². The van der Waals surface area contributed by atoms with E-state index in [2.05, 4.69) is 9.97 Å². The quantitative estimate of drug-likeness (QED) is 0.748. The van der Waals surface area contributed by atoms with E-state index < -0.39 is 5.97 Å². The highest BCUT2D eigenvalue weighted by Gasteiger charge is 2.17. The fourth-order valence-corrected chi connectivity index (χ4v) is 2.44. The first-order valence-corrected chi connectivity index (χ1v) is 7.15. The van der Waals surface area contributed by atoms with Gasteiger partial charge < -0.3 is 5.11 Å². The number of hydrogen-bond donors (Lipinski definition) is 1. The van der Waals surface area contributed by atoms with Crippen LogP contribution in [0.25, 0.3) is 21.9 Å². The average Bonchev–Trinajstić information content (AvgIpc) is 2.52. The molecule has 6 heteroatoms. The lowest BCUT2D eigenvalue weighted by Gasteiger charge is -2.10. The van der Waals surface area contributed by atoms with E-state index in [9.17, 15) is 14.7 Å². The zero-order valence-electron chi connectivity index (χ0n) is 12.1. The first kappa shape index (κ1) is 14.2. The predicted molar refractivity (Wildman–Crippen MR) is 83.2 cm³/mol. The third-order valence-electron chi connectivity index (χ3n) is 3.57. The molecule has 0 aliphatic carbocycles. The molecule has 3 rings (SSSR count). The van der Waals surface area contributed by atoms with Crippen LogP contribution in [0.15, 0.2) is 35.1 Å². The molecule has 2 aromatic heterocycles. The van der Waals surface area contributed by atoms with Crippen LogP contribution >= 0.6 is 0 Å². The van der Waals surface area contributed by atoms with E-state index in [1.165, 1.54) is 4.57 Å². The van der Waals surface area contributed by atoms with Crippen molar-refractivity contribution in [2.45, 2.75) is 26.3 Å². The van der Waals surface area contributed by atoms with Gasteiger partial charge in [0.2, 0.25) is 5.82 Å². The van der Waals surface area contributed by atoms with Gasteiger partial charge in [-0.15, -0.1) is 0 Å². The highest BCUT2D eigenvalue weighted by Crippen LogP contribution is 2.16. The minimum Gasteiger partial charge on any atom is -0.475 e. The highest BCUT2D eigenvalue weighted by atomic mass is 16.4. The number of pyridine rings is 1. The molecule has 1 aromatic carbocycles. The van der Waals surface area contributed by atoms with E-state index >= 15 is 0 Å². The van der Waals surface area contributed by atoms with Crippen LogP contribution in [0.1, 0.15) is 30.4 Å². The first-order chi connectivity index (χ1) is 10.6. The molecule has 0 bridgehead atoms. The van der Waals surface area contributed by atoms with Crippen molar-refractivity contribution in [1.82, 2.24) is 14.5 Å². The van der Waals surface area contributed by atoms with E-state index in [-0.39, 0.29) is 17.0 Å². The van der Waals surface area contributed by atoms with Crippen LogP contribution in [0.2, 0.25) is 0 Å². The van der Waals surface area contributed by atoms with Gasteiger partial charge in [-0.3, -0.25) is 9.36 Å². The molecule has 1 N–H and O–H groups in total. The van der Waals surface area contributed by atoms with Gasteiger partial charge in [-0.05, 0) is 18.6 Å². The Kier molecular flexibility index (Phi) is 3.58. The second-order valence-electron chi connectivity index (χ2n) is 5.10. The number of fused-ring (bicyclic) bond motifs is 2. The Morgan fingerprint density at radius 2 is 2.05 bits per heavy atom. The summed E-state index contributed by atoms with van der Waals surface area (Å²) >= 11 is 0. The van der Waals surface area contributed by atoms with Gasteiger partial charge in [0.15, 0.2) is 5.65 Å². The van der Waals surface area contributed by atoms with Crippen molar-refractivity contribution in [2.75, 3.05) is 0 Å². The van der Waals surface area contributed by atoms with Crippen LogP contribution in [0.3, 0.4) is 0 Å². The number of aromatic nitrogens is 3. The molecule has 6 nitrogen and oxygen atoms in total. The normalized spacial score (nSPS) is 11.1. The Balaban J connectivity index is 2.35. The van der Waals surface area contributed by atoms with E-state index in [1.54, 1.807) is 12.1 Å². The van der Waals surface area contributed by atoms with Crippen LogP contribution < -0.4 is 5.56 Å². The van der Waals surface area contributed by atoms with Crippen molar-refractivity contribution in [3.8, 4) is 0 Å². The minimum atomic E-state index is -1.22. The van der Waals surface area contributed by atoms with Gasteiger partial charge in [0.1, 0.15) is 0 Å². The second kappa shape index (κ2) is 5.55. The fraction of sp³-hybridized carbons (Fsp3) is 0.250. The molecule has 0 spiro atoms. The Morgan fingerprint density at radius 3 is 2.77 bits per heavy atom. The van der Waals surface area contributed by atoms with E-state index in [0.29, 0.717) is 23.9 Å². The van der Waals surface area contributed by atoms with Gasteiger partial charge >= 0.3 is 5.97 Å². The Labute approximate surface area is 126 Å². The molecule has 0 unspecified atom stereocenters. The van der Waals surface area contributed by atoms with Gasteiger partial charge in [0.05, 0.1) is 10.9 Å². The molecule has 0 aliphatic heterocycles. The lowest BCUT2D eigenvalue weighted by Crippen LogP contribution is -2.28.